The van der Waals surface area contributed by atoms with E-state index in [1.807, 2.05) is 38.1 Å². The van der Waals surface area contributed by atoms with Crippen LogP contribution in [-0.4, -0.2) is 22.4 Å². The zero-order chi connectivity index (χ0) is 19.2. The van der Waals surface area contributed by atoms with Gasteiger partial charge in [-0.2, -0.15) is 0 Å². The third-order valence-corrected chi connectivity index (χ3v) is 3.97. The van der Waals surface area contributed by atoms with Crippen LogP contribution in [0, 0.1) is 19.7 Å². The van der Waals surface area contributed by atoms with E-state index < -0.39 is 0 Å². The minimum absolute atomic E-state index is 0.252. The Morgan fingerprint density at radius 3 is 2.56 bits per heavy atom. The molecule has 0 aliphatic rings. The lowest BCUT2D eigenvalue weighted by Gasteiger charge is -2.09. The molecule has 1 amide bonds. The van der Waals surface area contributed by atoms with Gasteiger partial charge < -0.3 is 10.6 Å². The number of hydrogen-bond donors (Lipinski definition) is 2. The van der Waals surface area contributed by atoms with E-state index in [2.05, 4.69) is 20.6 Å². The fourth-order valence-electron chi connectivity index (χ4n) is 2.65. The van der Waals surface area contributed by atoms with Crippen LogP contribution in [0.4, 0.5) is 16.0 Å². The normalized spacial score (nSPS) is 10.5. The summed E-state index contributed by atoms with van der Waals surface area (Å²) in [5.41, 5.74) is 3.79. The molecule has 0 radical (unpaired) electrons. The molecule has 6 heteroatoms. The highest BCUT2D eigenvalue weighted by atomic mass is 19.1. The number of carbonyl (C=O) groups excluding carboxylic acids is 1. The number of aryl methyl sites for hydroxylation is 2. The number of amides is 1. The van der Waals surface area contributed by atoms with Gasteiger partial charge in [0.15, 0.2) is 0 Å². The van der Waals surface area contributed by atoms with Crippen LogP contribution in [0.25, 0.3) is 0 Å². The minimum atomic E-state index is -0.285. The number of nitrogens with zero attached hydrogens (tertiary/aromatic N) is 2. The van der Waals surface area contributed by atoms with Crippen LogP contribution < -0.4 is 10.6 Å². The first-order chi connectivity index (χ1) is 13.0. The first-order valence-electron chi connectivity index (χ1n) is 8.71. The highest BCUT2D eigenvalue weighted by Crippen LogP contribution is 2.12. The van der Waals surface area contributed by atoms with Gasteiger partial charge in [-0.25, -0.2) is 14.4 Å². The van der Waals surface area contributed by atoms with Crippen molar-refractivity contribution in [1.29, 1.82) is 0 Å². The molecule has 3 aromatic rings. The Labute approximate surface area is 157 Å². The molecule has 0 aliphatic carbocycles. The van der Waals surface area contributed by atoms with Crippen LogP contribution in [0.3, 0.4) is 0 Å². The van der Waals surface area contributed by atoms with Gasteiger partial charge in [-0.3, -0.25) is 4.79 Å². The summed E-state index contributed by atoms with van der Waals surface area (Å²) in [5, 5.41) is 5.97. The van der Waals surface area contributed by atoms with Gasteiger partial charge in [-0.1, -0.05) is 24.3 Å². The second kappa shape index (κ2) is 8.40. The summed E-state index contributed by atoms with van der Waals surface area (Å²) in [7, 11) is 0. The number of aromatic nitrogens is 2. The van der Waals surface area contributed by atoms with Crippen LogP contribution in [0.2, 0.25) is 0 Å². The van der Waals surface area contributed by atoms with Gasteiger partial charge >= 0.3 is 0 Å². The van der Waals surface area contributed by atoms with E-state index in [0.29, 0.717) is 30.3 Å². The molecule has 1 aromatic heterocycles. The molecule has 0 aliphatic heterocycles. The molecular formula is C21H21FN4O. The maximum atomic E-state index is 12.9. The van der Waals surface area contributed by atoms with Crippen molar-refractivity contribution < 1.29 is 9.18 Å². The molecular weight excluding hydrogens is 343 g/mol. The predicted molar refractivity (Wildman–Crippen MR) is 104 cm³/mol. The summed E-state index contributed by atoms with van der Waals surface area (Å²) in [6.45, 7) is 4.36. The second-order valence-electron chi connectivity index (χ2n) is 6.35. The van der Waals surface area contributed by atoms with Gasteiger partial charge in [0, 0.05) is 17.9 Å². The van der Waals surface area contributed by atoms with Crippen molar-refractivity contribution in [3.63, 3.8) is 0 Å². The monoisotopic (exact) mass is 364 g/mol. The van der Waals surface area contributed by atoms with Crippen LogP contribution in [0.15, 0.2) is 54.6 Å². The second-order valence-corrected chi connectivity index (χ2v) is 6.35. The van der Waals surface area contributed by atoms with Gasteiger partial charge in [0.1, 0.15) is 11.5 Å². The summed E-state index contributed by atoms with van der Waals surface area (Å²) in [6, 6.07) is 15.6. The molecule has 138 valence electrons. The molecule has 2 aromatic carbocycles. The number of halogens is 1. The Balaban J connectivity index is 1.64. The minimum Gasteiger partial charge on any atom is -0.354 e. The molecule has 5 nitrogen and oxygen atoms in total. The zero-order valence-corrected chi connectivity index (χ0v) is 15.3. The summed E-state index contributed by atoms with van der Waals surface area (Å²) < 4.78 is 12.9. The average Bonchev–Trinajstić information content (AvgIpc) is 2.63. The Bertz CT molecular complexity index is 941. The average molecular weight is 364 g/mol. The van der Waals surface area contributed by atoms with Gasteiger partial charge in [0.2, 0.25) is 5.95 Å². The maximum absolute atomic E-state index is 12.9. The number of benzene rings is 2. The van der Waals surface area contributed by atoms with E-state index in [4.69, 9.17) is 0 Å². The van der Waals surface area contributed by atoms with Gasteiger partial charge in [-0.15, -0.1) is 0 Å². The number of nitrogens with one attached hydrogen (secondary N) is 2. The van der Waals surface area contributed by atoms with Gasteiger partial charge in [0.05, 0.1) is 0 Å². The first kappa shape index (κ1) is 18.5. The van der Waals surface area contributed by atoms with E-state index in [1.54, 1.807) is 18.2 Å². The maximum Gasteiger partial charge on any atom is 0.274 e. The lowest BCUT2D eigenvalue weighted by atomic mass is 10.1. The zero-order valence-electron chi connectivity index (χ0n) is 15.3. The third-order valence-electron chi connectivity index (χ3n) is 3.97. The lowest BCUT2D eigenvalue weighted by molar-refractivity contribution is 0.102. The van der Waals surface area contributed by atoms with E-state index >= 15 is 0 Å². The summed E-state index contributed by atoms with van der Waals surface area (Å²) >= 11 is 0. The highest BCUT2D eigenvalue weighted by Gasteiger charge is 2.11. The Morgan fingerprint density at radius 1 is 1.04 bits per heavy atom. The van der Waals surface area contributed by atoms with Crippen molar-refractivity contribution in [2.24, 2.45) is 0 Å². The van der Waals surface area contributed by atoms with Crippen LogP contribution in [-0.2, 0) is 6.42 Å². The quantitative estimate of drug-likeness (QED) is 0.690. The van der Waals surface area contributed by atoms with Crippen molar-refractivity contribution in [3.8, 4) is 0 Å². The van der Waals surface area contributed by atoms with Crippen molar-refractivity contribution >= 4 is 17.5 Å². The third kappa shape index (κ3) is 5.34. The molecule has 2 N–H and O–H groups in total. The standard InChI is InChI=1S/C21H21FN4O/c1-14-4-3-5-18(12-14)25-20(27)19-13-15(2)24-21(26-19)23-11-10-16-6-8-17(22)9-7-16/h3-9,12-13H,10-11H2,1-2H3,(H,25,27)(H,23,24,26). The van der Waals surface area contributed by atoms with Crippen LogP contribution in [0.5, 0.6) is 0 Å². The highest BCUT2D eigenvalue weighted by molar-refractivity contribution is 6.03. The molecule has 27 heavy (non-hydrogen) atoms. The number of carbonyl (C=O) groups is 1. The molecule has 0 bridgehead atoms. The van der Waals surface area contributed by atoms with Crippen LogP contribution >= 0.6 is 0 Å². The molecule has 3 rings (SSSR count). The smallest absolute Gasteiger partial charge is 0.274 e. The molecule has 0 fully saturated rings. The lowest BCUT2D eigenvalue weighted by Crippen LogP contribution is -2.17. The predicted octanol–water partition coefficient (Wildman–Crippen LogP) is 4.14. The van der Waals surface area contributed by atoms with E-state index in [-0.39, 0.29) is 11.7 Å². The van der Waals surface area contributed by atoms with Crippen molar-refractivity contribution in [1.82, 2.24) is 9.97 Å². The van der Waals surface area contributed by atoms with Crippen molar-refractivity contribution in [2.45, 2.75) is 20.3 Å². The fraction of sp³-hybridized carbons (Fsp3) is 0.190. The Kier molecular flexibility index (Phi) is 5.76. The van der Waals surface area contributed by atoms with Crippen LogP contribution in [0.1, 0.15) is 27.3 Å². The Morgan fingerprint density at radius 2 is 1.81 bits per heavy atom. The molecule has 0 atom stereocenters. The van der Waals surface area contributed by atoms with E-state index in [0.717, 1.165) is 16.8 Å². The van der Waals surface area contributed by atoms with E-state index in [1.165, 1.54) is 12.1 Å². The molecule has 1 heterocycles. The summed E-state index contributed by atoms with van der Waals surface area (Å²) in [5.74, 6) is -0.142. The molecule has 0 spiro atoms. The van der Waals surface area contributed by atoms with Gasteiger partial charge in [0.25, 0.3) is 5.91 Å². The fourth-order valence-corrected chi connectivity index (χ4v) is 2.65. The number of rotatable bonds is 6. The van der Waals surface area contributed by atoms with Gasteiger partial charge in [-0.05, 0) is 61.7 Å². The topological polar surface area (TPSA) is 66.9 Å². The molecule has 0 saturated heterocycles. The largest absolute Gasteiger partial charge is 0.354 e. The van der Waals surface area contributed by atoms with E-state index in [9.17, 15) is 9.18 Å². The molecule has 0 unspecified atom stereocenters. The Hall–Kier alpha value is -3.28. The summed E-state index contributed by atoms with van der Waals surface area (Å²) in [6.07, 6.45) is 0.697. The number of hydrogen-bond acceptors (Lipinski definition) is 4. The summed E-state index contributed by atoms with van der Waals surface area (Å²) in [4.78, 5) is 21.1. The molecule has 0 saturated carbocycles. The number of anilines is 2. The van der Waals surface area contributed by atoms with Crippen molar-refractivity contribution in [2.75, 3.05) is 17.2 Å². The first-order valence-corrected chi connectivity index (χ1v) is 8.71. The SMILES string of the molecule is Cc1cccc(NC(=O)c2cc(C)nc(NCCc3ccc(F)cc3)n2)c1. The van der Waals surface area contributed by atoms with Crippen molar-refractivity contribution in [3.05, 3.63) is 82.9 Å².